The molecular formula is C65H96N16O8S6. The van der Waals surface area contributed by atoms with Gasteiger partial charge in [-0.2, -0.15) is 0 Å². The third-order valence-electron chi connectivity index (χ3n) is 15.7. The molecule has 0 amide bonds. The zero-order valence-electron chi connectivity index (χ0n) is 56.5. The molecule has 1 aliphatic heterocycles. The Morgan fingerprint density at radius 2 is 0.905 bits per heavy atom. The van der Waals surface area contributed by atoms with Crippen LogP contribution in [0.15, 0.2) is 83.9 Å². The lowest BCUT2D eigenvalue weighted by atomic mass is 10.0. The monoisotopic (exact) mass is 1420 g/mol. The van der Waals surface area contributed by atoms with E-state index < -0.39 is 39.8 Å². The van der Waals surface area contributed by atoms with Crippen molar-refractivity contribution in [3.8, 4) is 11.5 Å². The van der Waals surface area contributed by atoms with Gasteiger partial charge in [-0.15, -0.1) is 23.5 Å². The maximum absolute atomic E-state index is 11.3. The minimum atomic E-state index is -3.12. The number of rotatable bonds is 29. The van der Waals surface area contributed by atoms with E-state index in [1.54, 1.807) is 56.7 Å². The van der Waals surface area contributed by atoms with Crippen LogP contribution in [0.5, 0.6) is 11.5 Å². The fraction of sp³-hybridized carbons (Fsp3) is 0.477. The highest BCUT2D eigenvalue weighted by Gasteiger charge is 2.21. The van der Waals surface area contributed by atoms with Gasteiger partial charge in [-0.25, -0.2) is 94.3 Å². The minimum Gasteiger partial charge on any atom is -0.493 e. The topological polar surface area (TPSA) is 339 Å². The number of nitrogens with two attached hydrogens (primary N) is 2. The molecule has 1 aliphatic rings. The maximum Gasteiger partial charge on any atom is 0.208 e. The molecule has 4 aromatic carbocycles. The van der Waals surface area contributed by atoms with Gasteiger partial charge in [0.1, 0.15) is 47.0 Å². The predicted molar refractivity (Wildman–Crippen MR) is 397 cm³/mol. The highest BCUT2D eigenvalue weighted by Crippen LogP contribution is 2.35. The summed E-state index contributed by atoms with van der Waals surface area (Å²) in [6, 6.07) is 16.5. The van der Waals surface area contributed by atoms with Crippen LogP contribution in [0, 0.1) is 47.5 Å². The Hall–Kier alpha value is -6.16. The Balaban J connectivity index is 0.000000201. The predicted octanol–water partition coefficient (Wildman–Crippen LogP) is 9.00. The minimum absolute atomic E-state index is 0.372. The molecule has 0 aliphatic carbocycles. The molecular weight excluding hydrogens is 1330 g/mol. The highest BCUT2D eigenvalue weighted by molar-refractivity contribution is 7.99. The third-order valence-corrected chi connectivity index (χ3v) is 20.6. The van der Waals surface area contributed by atoms with Gasteiger partial charge < -0.3 is 19.7 Å². The van der Waals surface area contributed by atoms with Gasteiger partial charge in [-0.1, -0.05) is 12.8 Å². The molecule has 0 bridgehead atoms. The molecule has 24 nitrogen and oxygen atoms in total. The van der Waals surface area contributed by atoms with Gasteiger partial charge in [0, 0.05) is 73.4 Å². The van der Waals surface area contributed by atoms with Crippen molar-refractivity contribution in [1.82, 2.24) is 58.8 Å². The van der Waals surface area contributed by atoms with Crippen LogP contribution in [0.2, 0.25) is 0 Å². The number of ether oxygens (including phenoxy) is 2. The van der Waals surface area contributed by atoms with E-state index in [9.17, 15) is 25.3 Å². The number of hydrogen-bond donors (Lipinski definition) is 7. The number of unbranched alkanes of at least 4 members (excludes halogenated alkanes) is 5. The van der Waals surface area contributed by atoms with Gasteiger partial charge in [-0.05, 0) is 204 Å². The number of aromatic nitrogens is 8. The van der Waals surface area contributed by atoms with Crippen LogP contribution in [-0.2, 0) is 39.8 Å². The SMILES string of the molecule is C=S(N)(=O)NCCCCCSc1ncnc2cc(C)c(C)cc12.C=S(N)(=O)NCCCCSc1ncnc2cc(C)c(C)cc12.COc1cc2ncnc(NCCCCCNS(C)(=O)=O)c2cc1OC.Cc1cc2ncnc(N3CCCC(CNS(C)(=O)=O)CC3)c2cc1C. The summed E-state index contributed by atoms with van der Waals surface area (Å²) in [6.07, 6.45) is 19.4. The summed E-state index contributed by atoms with van der Waals surface area (Å²) in [5, 5.41) is 20.2. The second kappa shape index (κ2) is 37.5. The van der Waals surface area contributed by atoms with Crippen LogP contribution in [0.25, 0.3) is 43.6 Å². The largest absolute Gasteiger partial charge is 0.493 e. The van der Waals surface area contributed by atoms with Crippen LogP contribution in [-0.4, -0.2) is 161 Å². The fourth-order valence-electron chi connectivity index (χ4n) is 10.1. The van der Waals surface area contributed by atoms with Gasteiger partial charge in [0.25, 0.3) is 0 Å². The van der Waals surface area contributed by atoms with Gasteiger partial charge in [0.15, 0.2) is 11.5 Å². The van der Waals surface area contributed by atoms with Crippen LogP contribution in [0.4, 0.5) is 11.6 Å². The zero-order valence-corrected chi connectivity index (χ0v) is 61.4. The lowest BCUT2D eigenvalue weighted by molar-refractivity contribution is 0.356. The number of benzene rings is 4. The molecule has 0 radical (unpaired) electrons. The number of anilines is 2. The maximum atomic E-state index is 11.3. The molecule has 9 N–H and O–H groups in total. The zero-order chi connectivity index (χ0) is 69.3. The van der Waals surface area contributed by atoms with Crippen LogP contribution >= 0.6 is 23.5 Å². The van der Waals surface area contributed by atoms with E-state index in [1.165, 1.54) is 46.0 Å². The number of aryl methyl sites for hydroxylation is 6. The van der Waals surface area contributed by atoms with Gasteiger partial charge in [0.2, 0.25) is 20.0 Å². The molecule has 95 heavy (non-hydrogen) atoms. The number of methoxy groups -OCH3 is 2. The Bertz CT molecular complexity index is 4310. The summed E-state index contributed by atoms with van der Waals surface area (Å²) in [4.78, 5) is 37.4. The molecule has 4 aromatic heterocycles. The summed E-state index contributed by atoms with van der Waals surface area (Å²) >= 11 is 3.49. The molecule has 8 aromatic rings. The molecule has 1 saturated heterocycles. The van der Waals surface area contributed by atoms with Crippen LogP contribution in [0.1, 0.15) is 104 Å². The Labute approximate surface area is 571 Å². The van der Waals surface area contributed by atoms with Gasteiger partial charge in [0.05, 0.1) is 68.6 Å². The number of nitrogens with zero attached hydrogens (tertiary/aromatic N) is 9. The molecule has 0 saturated carbocycles. The average Bonchev–Trinajstić information content (AvgIpc) is 1.55. The van der Waals surface area contributed by atoms with Crippen molar-refractivity contribution in [3.05, 3.63) is 107 Å². The van der Waals surface area contributed by atoms with Crippen LogP contribution < -0.4 is 48.9 Å². The van der Waals surface area contributed by atoms with E-state index in [0.29, 0.717) is 43.6 Å². The van der Waals surface area contributed by atoms with Gasteiger partial charge >= 0.3 is 0 Å². The Morgan fingerprint density at radius 1 is 0.484 bits per heavy atom. The van der Waals surface area contributed by atoms with Crippen molar-refractivity contribution in [1.29, 1.82) is 0 Å². The van der Waals surface area contributed by atoms with Crippen molar-refractivity contribution >= 4 is 130 Å². The standard InChI is InChI=1S/C18H26N4O2S.C16H24N4O4S.C16H24N4OS2.C15H22N4OS2/c1-13-9-16-17(10-14(13)2)19-12-20-18(16)22-7-4-5-15(6-8-22)11-21-25(3,23)24;1-23-14-9-12-13(10-15(14)24-2)18-11-19-16(12)17-7-5-4-6-8-20-25(3,21)22;1-12-9-14-15(10-13(12)2)18-11-19-16(14)22-8-6-4-5-7-20-23(3,17)21;1-11-8-13-14(9-12(11)2)17-10-18-15(13)21-7-5-4-6-19-22(3,16)20/h9-10,12,15,21H,4-8,11H2,1-3H3;9-11,20H,4-8H2,1-3H3,(H,17,18,19);9-11H,3-8H2,1-2H3,(H3,17,20,21);8-10H,3-7H2,1-2H3,(H3,16,19,20). The molecule has 0 spiro atoms. The summed E-state index contributed by atoms with van der Waals surface area (Å²) in [5.74, 6) is 12.0. The Kier molecular flexibility index (Phi) is 30.8. The number of sulfonamides is 2. The smallest absolute Gasteiger partial charge is 0.208 e. The molecule has 5 heterocycles. The quantitative estimate of drug-likeness (QED) is 0.00994. The summed E-state index contributed by atoms with van der Waals surface area (Å²) in [6.45, 7) is 17.4. The average molecular weight is 1420 g/mol. The van der Waals surface area contributed by atoms with E-state index in [0.717, 1.165) is 173 Å². The summed E-state index contributed by atoms with van der Waals surface area (Å²) < 4.78 is 88.1. The highest BCUT2D eigenvalue weighted by atomic mass is 32.2. The second-order valence-corrected chi connectivity index (χ2v) is 32.9. The molecule has 3 unspecified atom stereocenters. The van der Waals surface area contributed by atoms with Crippen molar-refractivity contribution in [2.45, 2.75) is 122 Å². The summed E-state index contributed by atoms with van der Waals surface area (Å²) in [7, 11) is -8.19. The first-order valence-electron chi connectivity index (χ1n) is 31.5. The van der Waals surface area contributed by atoms with E-state index >= 15 is 0 Å². The number of fused-ring (bicyclic) bond motifs is 4. The number of thioether (sulfide) groups is 2. The first kappa shape index (κ1) is 77.8. The molecule has 30 heteroatoms. The van der Waals surface area contributed by atoms with Crippen molar-refractivity contribution in [2.75, 3.05) is 94.3 Å². The van der Waals surface area contributed by atoms with E-state index in [4.69, 9.17) is 19.8 Å². The molecule has 9 rings (SSSR count). The second-order valence-electron chi connectivity index (χ2n) is 23.6. The number of hydrogen-bond acceptors (Lipinski definition) is 20. The van der Waals surface area contributed by atoms with E-state index in [-0.39, 0.29) is 0 Å². The van der Waals surface area contributed by atoms with Gasteiger partial charge in [-0.3, -0.25) is 0 Å². The first-order valence-corrected chi connectivity index (χ1v) is 40.8. The summed E-state index contributed by atoms with van der Waals surface area (Å²) in [5.41, 5.74) is 11.2. The fourth-order valence-corrected chi connectivity index (χ4v) is 14.1. The van der Waals surface area contributed by atoms with Crippen LogP contribution in [0.3, 0.4) is 0 Å². The van der Waals surface area contributed by atoms with Crippen molar-refractivity contribution < 1.29 is 34.7 Å². The van der Waals surface area contributed by atoms with Crippen molar-refractivity contribution in [3.63, 3.8) is 0 Å². The Morgan fingerprint density at radius 3 is 1.42 bits per heavy atom. The number of nitrogens with one attached hydrogen (secondary N) is 5. The van der Waals surface area contributed by atoms with E-state index in [2.05, 4.69) is 159 Å². The normalized spacial score (nSPS) is 14.7. The lowest BCUT2D eigenvalue weighted by Crippen LogP contribution is -2.31. The van der Waals surface area contributed by atoms with E-state index in [1.807, 2.05) is 12.1 Å². The molecule has 520 valence electrons. The third kappa shape index (κ3) is 27.0. The first-order chi connectivity index (χ1) is 45.0. The molecule has 1 fully saturated rings. The molecule has 3 atom stereocenters. The van der Waals surface area contributed by atoms with Crippen molar-refractivity contribution in [2.24, 2.45) is 16.2 Å². The lowest BCUT2D eigenvalue weighted by Gasteiger charge is -2.23.